The summed E-state index contributed by atoms with van der Waals surface area (Å²) in [5.41, 5.74) is 7.25. The second kappa shape index (κ2) is 6.57. The number of ether oxygens (including phenoxy) is 1. The van der Waals surface area contributed by atoms with Crippen LogP contribution in [0.4, 0.5) is 5.69 Å². The van der Waals surface area contributed by atoms with Gasteiger partial charge in [-0.05, 0) is 43.9 Å². The van der Waals surface area contributed by atoms with E-state index in [0.29, 0.717) is 5.56 Å². The lowest BCUT2D eigenvalue weighted by Gasteiger charge is -2.34. The molecule has 0 radical (unpaired) electrons. The second-order valence-electron chi connectivity index (χ2n) is 5.02. The first-order valence-electron chi connectivity index (χ1n) is 6.88. The van der Waals surface area contributed by atoms with Crippen molar-refractivity contribution in [2.24, 2.45) is 11.7 Å². The molecule has 2 N–H and O–H groups in total. The Morgan fingerprint density at radius 2 is 2.05 bits per heavy atom. The van der Waals surface area contributed by atoms with Gasteiger partial charge >= 0.3 is 5.97 Å². The fraction of sp³-hybridized carbons (Fsp3) is 0.533. The molecule has 1 aliphatic heterocycles. The van der Waals surface area contributed by atoms with Gasteiger partial charge in [-0.1, -0.05) is 12.1 Å². The van der Waals surface area contributed by atoms with Gasteiger partial charge in [0.1, 0.15) is 0 Å². The molecule has 0 aromatic heterocycles. The molecule has 4 heteroatoms. The maximum atomic E-state index is 11.8. The van der Waals surface area contributed by atoms with Gasteiger partial charge in [0.2, 0.25) is 0 Å². The molecule has 1 aromatic carbocycles. The number of methoxy groups -OCH3 is 1. The second-order valence-corrected chi connectivity index (χ2v) is 5.02. The molecule has 0 atom stereocenters. The van der Waals surface area contributed by atoms with Crippen LogP contribution >= 0.6 is 0 Å². The Morgan fingerprint density at radius 3 is 2.68 bits per heavy atom. The third-order valence-corrected chi connectivity index (χ3v) is 3.84. The van der Waals surface area contributed by atoms with E-state index in [2.05, 4.69) is 4.90 Å². The van der Waals surface area contributed by atoms with Gasteiger partial charge in [-0.2, -0.15) is 0 Å². The Hall–Kier alpha value is -1.55. The number of nitrogens with two attached hydrogens (primary N) is 1. The van der Waals surface area contributed by atoms with E-state index in [1.54, 1.807) is 0 Å². The van der Waals surface area contributed by atoms with Crippen LogP contribution in [-0.2, 0) is 4.74 Å². The number of piperidine rings is 1. The zero-order valence-electron chi connectivity index (χ0n) is 11.5. The van der Waals surface area contributed by atoms with Crippen molar-refractivity contribution in [3.63, 3.8) is 0 Å². The summed E-state index contributed by atoms with van der Waals surface area (Å²) in [5.74, 6) is 0.464. The standard InChI is InChI=1S/C15H22N2O2/c1-19-15(18)13-4-2-3-5-14(13)17-10-7-12(6-9-16)8-11-17/h2-5,12H,6-11,16H2,1H3. The van der Waals surface area contributed by atoms with Crippen LogP contribution in [-0.4, -0.2) is 32.7 Å². The van der Waals surface area contributed by atoms with E-state index < -0.39 is 0 Å². The van der Waals surface area contributed by atoms with Gasteiger partial charge < -0.3 is 15.4 Å². The maximum Gasteiger partial charge on any atom is 0.339 e. The molecule has 0 saturated carbocycles. The van der Waals surface area contributed by atoms with Crippen molar-refractivity contribution in [2.45, 2.75) is 19.3 Å². The molecule has 1 saturated heterocycles. The summed E-state index contributed by atoms with van der Waals surface area (Å²) in [6.45, 7) is 2.74. The molecule has 0 unspecified atom stereocenters. The molecule has 1 heterocycles. The van der Waals surface area contributed by atoms with Crippen molar-refractivity contribution in [1.82, 2.24) is 0 Å². The van der Waals surface area contributed by atoms with Crippen molar-refractivity contribution < 1.29 is 9.53 Å². The highest BCUT2D eigenvalue weighted by atomic mass is 16.5. The third-order valence-electron chi connectivity index (χ3n) is 3.84. The quantitative estimate of drug-likeness (QED) is 0.844. The van der Waals surface area contributed by atoms with E-state index in [4.69, 9.17) is 10.5 Å². The summed E-state index contributed by atoms with van der Waals surface area (Å²) < 4.78 is 4.85. The van der Waals surface area contributed by atoms with Crippen molar-refractivity contribution in [2.75, 3.05) is 31.6 Å². The molecular weight excluding hydrogens is 240 g/mol. The zero-order valence-corrected chi connectivity index (χ0v) is 11.5. The highest BCUT2D eigenvalue weighted by Gasteiger charge is 2.22. The van der Waals surface area contributed by atoms with Gasteiger partial charge in [-0.3, -0.25) is 0 Å². The first-order valence-corrected chi connectivity index (χ1v) is 6.88. The largest absolute Gasteiger partial charge is 0.465 e. The zero-order chi connectivity index (χ0) is 13.7. The topological polar surface area (TPSA) is 55.6 Å². The van der Waals surface area contributed by atoms with Crippen molar-refractivity contribution in [3.05, 3.63) is 29.8 Å². The Labute approximate surface area is 114 Å². The predicted molar refractivity (Wildman–Crippen MR) is 76.4 cm³/mol. The lowest BCUT2D eigenvalue weighted by atomic mass is 9.93. The van der Waals surface area contributed by atoms with E-state index in [0.717, 1.165) is 50.5 Å². The molecule has 0 spiro atoms. The van der Waals surface area contributed by atoms with E-state index in [1.165, 1.54) is 7.11 Å². The third kappa shape index (κ3) is 3.26. The van der Waals surface area contributed by atoms with Gasteiger partial charge in [-0.15, -0.1) is 0 Å². The fourth-order valence-electron chi connectivity index (χ4n) is 2.73. The summed E-state index contributed by atoms with van der Waals surface area (Å²) in [4.78, 5) is 14.1. The van der Waals surface area contributed by atoms with Crippen LogP contribution in [0.3, 0.4) is 0 Å². The first kappa shape index (κ1) is 13.9. The Balaban J connectivity index is 2.09. The summed E-state index contributed by atoms with van der Waals surface area (Å²) >= 11 is 0. The Bertz CT molecular complexity index is 426. The molecule has 1 aliphatic rings. The van der Waals surface area contributed by atoms with Gasteiger partial charge in [0.25, 0.3) is 0 Å². The summed E-state index contributed by atoms with van der Waals surface area (Å²) in [7, 11) is 1.42. The fourth-order valence-corrected chi connectivity index (χ4v) is 2.73. The van der Waals surface area contributed by atoms with Crippen LogP contribution in [0.15, 0.2) is 24.3 Å². The minimum absolute atomic E-state index is 0.264. The number of rotatable bonds is 4. The van der Waals surface area contributed by atoms with E-state index in [1.807, 2.05) is 24.3 Å². The molecule has 104 valence electrons. The number of benzene rings is 1. The number of esters is 1. The number of nitrogens with zero attached hydrogens (tertiary/aromatic N) is 1. The summed E-state index contributed by atoms with van der Waals surface area (Å²) in [6.07, 6.45) is 3.39. The normalized spacial score (nSPS) is 16.4. The monoisotopic (exact) mass is 262 g/mol. The van der Waals surface area contributed by atoms with E-state index in [-0.39, 0.29) is 5.97 Å². The number of anilines is 1. The summed E-state index contributed by atoms with van der Waals surface area (Å²) in [5, 5.41) is 0. The first-order chi connectivity index (χ1) is 9.26. The van der Waals surface area contributed by atoms with E-state index >= 15 is 0 Å². The van der Waals surface area contributed by atoms with Crippen molar-refractivity contribution >= 4 is 11.7 Å². The van der Waals surface area contributed by atoms with Crippen LogP contribution in [0.1, 0.15) is 29.6 Å². The van der Waals surface area contributed by atoms with Gasteiger partial charge in [0.05, 0.1) is 18.4 Å². The molecule has 0 amide bonds. The molecule has 2 rings (SSSR count). The minimum Gasteiger partial charge on any atom is -0.465 e. The summed E-state index contributed by atoms with van der Waals surface area (Å²) in [6, 6.07) is 7.66. The average Bonchev–Trinajstić information content (AvgIpc) is 2.47. The lowest BCUT2D eigenvalue weighted by Crippen LogP contribution is -2.35. The van der Waals surface area contributed by atoms with Crippen LogP contribution in [0.2, 0.25) is 0 Å². The number of carbonyl (C=O) groups excluding carboxylic acids is 1. The van der Waals surface area contributed by atoms with E-state index in [9.17, 15) is 4.79 Å². The average molecular weight is 262 g/mol. The SMILES string of the molecule is COC(=O)c1ccccc1N1CCC(CCN)CC1. The van der Waals surface area contributed by atoms with Gasteiger partial charge in [-0.25, -0.2) is 4.79 Å². The Morgan fingerprint density at radius 1 is 1.37 bits per heavy atom. The minimum atomic E-state index is -0.264. The van der Waals surface area contributed by atoms with Crippen LogP contribution in [0.25, 0.3) is 0 Å². The molecule has 0 bridgehead atoms. The molecule has 1 fully saturated rings. The number of hydrogen-bond acceptors (Lipinski definition) is 4. The van der Waals surface area contributed by atoms with Gasteiger partial charge in [0, 0.05) is 13.1 Å². The highest BCUT2D eigenvalue weighted by molar-refractivity contribution is 5.95. The number of hydrogen-bond donors (Lipinski definition) is 1. The number of para-hydroxylation sites is 1. The predicted octanol–water partition coefficient (Wildman–Crippen LogP) is 2.04. The van der Waals surface area contributed by atoms with Gasteiger partial charge in [0.15, 0.2) is 0 Å². The molecule has 19 heavy (non-hydrogen) atoms. The lowest BCUT2D eigenvalue weighted by molar-refractivity contribution is 0.0601. The molecular formula is C15H22N2O2. The highest BCUT2D eigenvalue weighted by Crippen LogP contribution is 2.27. The maximum absolute atomic E-state index is 11.8. The number of carbonyl (C=O) groups is 1. The molecule has 4 nitrogen and oxygen atoms in total. The smallest absolute Gasteiger partial charge is 0.339 e. The van der Waals surface area contributed by atoms with Crippen LogP contribution in [0, 0.1) is 5.92 Å². The molecule has 0 aliphatic carbocycles. The van der Waals surface area contributed by atoms with Crippen molar-refractivity contribution in [3.8, 4) is 0 Å². The molecule has 1 aromatic rings. The van der Waals surface area contributed by atoms with Crippen LogP contribution in [0.5, 0.6) is 0 Å². The van der Waals surface area contributed by atoms with Crippen LogP contribution < -0.4 is 10.6 Å². The van der Waals surface area contributed by atoms with Crippen molar-refractivity contribution in [1.29, 1.82) is 0 Å². The Kier molecular flexibility index (Phi) is 4.80.